The molecule has 0 aromatic rings. The number of hydrogen-bond donors (Lipinski definition) is 6. The first-order valence-electron chi connectivity index (χ1n) is 7.60. The summed E-state index contributed by atoms with van der Waals surface area (Å²) >= 11 is 0. The number of aliphatic hydroxyl groups excluding tert-OH is 2. The number of halogens is 1. The van der Waals surface area contributed by atoms with Crippen LogP contribution in [0.15, 0.2) is 0 Å². The van der Waals surface area contributed by atoms with Gasteiger partial charge in [-0.2, -0.15) is 0 Å². The molecule has 1 aliphatic carbocycles. The number of rotatable bonds is 4. The van der Waals surface area contributed by atoms with E-state index in [-0.39, 0.29) is 0 Å². The Hall–Kier alpha value is -0.390. The van der Waals surface area contributed by atoms with Gasteiger partial charge in [0.1, 0.15) is 18.9 Å². The molecule has 2 rings (SSSR count). The van der Waals surface area contributed by atoms with Crippen LogP contribution in [0, 0.1) is 0 Å². The highest BCUT2D eigenvalue weighted by Gasteiger charge is 2.44. The highest BCUT2D eigenvalue weighted by Crippen LogP contribution is 2.27. The van der Waals surface area contributed by atoms with E-state index in [1.165, 1.54) is 0 Å². The zero-order chi connectivity index (χ0) is 16.4. The fourth-order valence-electron chi connectivity index (χ4n) is 3.01. The zero-order valence-electron chi connectivity index (χ0n) is 12.4. The van der Waals surface area contributed by atoms with Crippen molar-refractivity contribution in [2.45, 2.75) is 74.1 Å². The van der Waals surface area contributed by atoms with Gasteiger partial charge in [-0.3, -0.25) is 0 Å². The lowest BCUT2D eigenvalue weighted by atomic mass is 9.84. The third kappa shape index (κ3) is 3.74. The lowest BCUT2D eigenvalue weighted by Crippen LogP contribution is -2.64. The van der Waals surface area contributed by atoms with Gasteiger partial charge in [0.25, 0.3) is 0 Å². The minimum absolute atomic E-state index is 0.304. The Morgan fingerprint density at radius 3 is 2.41 bits per heavy atom. The summed E-state index contributed by atoms with van der Waals surface area (Å²) in [5.41, 5.74) is 23.3. The molecule has 1 saturated heterocycles. The molecule has 0 aromatic heterocycles. The third-order valence-corrected chi connectivity index (χ3v) is 4.48. The van der Waals surface area contributed by atoms with Crippen LogP contribution in [0.3, 0.4) is 0 Å². The largest absolute Gasteiger partial charge is 0.389 e. The van der Waals surface area contributed by atoms with Crippen molar-refractivity contribution in [2.24, 2.45) is 22.9 Å². The number of aliphatic hydroxyl groups is 2. The second kappa shape index (κ2) is 7.45. The Morgan fingerprint density at radius 2 is 1.77 bits per heavy atom. The van der Waals surface area contributed by atoms with Crippen molar-refractivity contribution in [1.82, 2.24) is 0 Å². The van der Waals surface area contributed by atoms with E-state index >= 15 is 0 Å². The molecule has 0 aromatic carbocycles. The van der Waals surface area contributed by atoms with E-state index in [9.17, 15) is 14.6 Å². The van der Waals surface area contributed by atoms with Gasteiger partial charge in [-0.05, 0) is 19.3 Å². The van der Waals surface area contributed by atoms with Crippen LogP contribution in [0.1, 0.15) is 19.3 Å². The maximum Gasteiger partial charge on any atom is 0.173 e. The molecular weight excluding hydrogens is 295 g/mol. The summed E-state index contributed by atoms with van der Waals surface area (Å²) < 4.78 is 24.0. The van der Waals surface area contributed by atoms with Crippen LogP contribution in [0.25, 0.3) is 0 Å². The Kier molecular flexibility index (Phi) is 6.08. The second-order valence-electron chi connectivity index (χ2n) is 6.25. The molecule has 0 amide bonds. The first-order chi connectivity index (χ1) is 10.3. The molecule has 9 heteroatoms. The molecule has 130 valence electrons. The molecule has 1 heterocycles. The van der Waals surface area contributed by atoms with Crippen LogP contribution in [0.5, 0.6) is 0 Å². The van der Waals surface area contributed by atoms with Gasteiger partial charge in [-0.25, -0.2) is 4.39 Å². The summed E-state index contributed by atoms with van der Waals surface area (Å²) in [5, 5.41) is 20.0. The predicted molar refractivity (Wildman–Crippen MR) is 77.3 cm³/mol. The quantitative estimate of drug-likeness (QED) is 0.325. The van der Waals surface area contributed by atoms with Gasteiger partial charge in [0.2, 0.25) is 0 Å². The van der Waals surface area contributed by atoms with Gasteiger partial charge in [-0.1, -0.05) is 0 Å². The molecular formula is C13H27FN4O4. The minimum atomic E-state index is -1.23. The Balaban J connectivity index is 2.01. The molecule has 2 fully saturated rings. The summed E-state index contributed by atoms with van der Waals surface area (Å²) in [7, 11) is 0. The van der Waals surface area contributed by atoms with E-state index in [1.807, 2.05) is 0 Å². The first kappa shape index (κ1) is 18.0. The molecule has 22 heavy (non-hydrogen) atoms. The maximum atomic E-state index is 12.7. The van der Waals surface area contributed by atoms with E-state index < -0.39 is 61.5 Å². The molecule has 1 unspecified atom stereocenters. The fourth-order valence-corrected chi connectivity index (χ4v) is 3.01. The van der Waals surface area contributed by atoms with Crippen molar-refractivity contribution in [1.29, 1.82) is 0 Å². The Bertz CT molecular complexity index is 367. The van der Waals surface area contributed by atoms with Crippen LogP contribution in [0.2, 0.25) is 0 Å². The SMILES string of the molecule is NC(CF)[C@@H]1CC[C@@H](N)[C@@H](O[C@H]2[C@H](O)[C@@H](O)[C@H](N)C[C@@H]2N)O1. The molecule has 0 radical (unpaired) electrons. The first-order valence-corrected chi connectivity index (χ1v) is 7.60. The molecule has 0 spiro atoms. The highest BCUT2D eigenvalue weighted by atomic mass is 19.1. The molecule has 1 saturated carbocycles. The zero-order valence-corrected chi connectivity index (χ0v) is 12.4. The van der Waals surface area contributed by atoms with Crippen molar-refractivity contribution in [2.75, 3.05) is 6.67 Å². The van der Waals surface area contributed by atoms with Gasteiger partial charge >= 0.3 is 0 Å². The monoisotopic (exact) mass is 322 g/mol. The molecule has 9 atom stereocenters. The summed E-state index contributed by atoms with van der Waals surface area (Å²) in [6.07, 6.45) is -3.17. The summed E-state index contributed by atoms with van der Waals surface area (Å²) in [5.74, 6) is 0. The van der Waals surface area contributed by atoms with Crippen LogP contribution in [-0.4, -0.2) is 71.8 Å². The predicted octanol–water partition coefficient (Wildman–Crippen LogP) is -2.72. The van der Waals surface area contributed by atoms with Gasteiger partial charge in [0, 0.05) is 12.1 Å². The van der Waals surface area contributed by atoms with Crippen molar-refractivity contribution in [3.05, 3.63) is 0 Å². The Morgan fingerprint density at radius 1 is 1.09 bits per heavy atom. The maximum absolute atomic E-state index is 12.7. The van der Waals surface area contributed by atoms with Crippen molar-refractivity contribution >= 4 is 0 Å². The van der Waals surface area contributed by atoms with Crippen LogP contribution in [0.4, 0.5) is 4.39 Å². The number of alkyl halides is 1. The smallest absolute Gasteiger partial charge is 0.173 e. The van der Waals surface area contributed by atoms with E-state index in [0.717, 1.165) is 0 Å². The van der Waals surface area contributed by atoms with Gasteiger partial charge in [-0.15, -0.1) is 0 Å². The number of nitrogens with two attached hydrogens (primary N) is 4. The van der Waals surface area contributed by atoms with Crippen LogP contribution < -0.4 is 22.9 Å². The van der Waals surface area contributed by atoms with Gasteiger partial charge in [0.15, 0.2) is 6.29 Å². The number of ether oxygens (including phenoxy) is 2. The van der Waals surface area contributed by atoms with E-state index in [2.05, 4.69) is 0 Å². The summed E-state index contributed by atoms with van der Waals surface area (Å²) in [6, 6.07) is -2.35. The third-order valence-electron chi connectivity index (χ3n) is 4.48. The van der Waals surface area contributed by atoms with Crippen molar-refractivity contribution < 1.29 is 24.1 Å². The lowest BCUT2D eigenvalue weighted by molar-refractivity contribution is -0.256. The van der Waals surface area contributed by atoms with E-state index in [4.69, 9.17) is 32.4 Å². The molecule has 0 bridgehead atoms. The molecule has 1 aliphatic heterocycles. The lowest BCUT2D eigenvalue weighted by Gasteiger charge is -2.44. The van der Waals surface area contributed by atoms with Crippen molar-refractivity contribution in [3.63, 3.8) is 0 Å². The second-order valence-corrected chi connectivity index (χ2v) is 6.25. The van der Waals surface area contributed by atoms with Gasteiger partial charge in [0.05, 0.1) is 24.3 Å². The van der Waals surface area contributed by atoms with Crippen LogP contribution in [-0.2, 0) is 9.47 Å². The average molecular weight is 322 g/mol. The fraction of sp³-hybridized carbons (Fsp3) is 1.00. The molecule has 2 aliphatic rings. The standard InChI is InChI=1S/C13H27FN4O4/c14-4-8(18)9-2-1-5(15)13(21-9)22-12-7(17)3-6(16)10(19)11(12)20/h5-13,19-20H,1-4,15-18H2/t5-,6-,7+,8?,9+,10+,11-,12-,13-/m1/s1. The molecule has 10 N–H and O–H groups in total. The van der Waals surface area contributed by atoms with Crippen molar-refractivity contribution in [3.8, 4) is 0 Å². The topological polar surface area (TPSA) is 163 Å². The minimum Gasteiger partial charge on any atom is -0.389 e. The highest BCUT2D eigenvalue weighted by molar-refractivity contribution is 4.98. The van der Waals surface area contributed by atoms with E-state index in [1.54, 1.807) is 0 Å². The summed E-state index contributed by atoms with van der Waals surface area (Å²) in [4.78, 5) is 0. The average Bonchev–Trinajstić information content (AvgIpc) is 2.50. The number of hydrogen-bond acceptors (Lipinski definition) is 8. The Labute approximate surface area is 128 Å². The summed E-state index contributed by atoms with van der Waals surface area (Å²) in [6.45, 7) is -0.703. The van der Waals surface area contributed by atoms with E-state index in [0.29, 0.717) is 19.3 Å². The van der Waals surface area contributed by atoms with Gasteiger partial charge < -0.3 is 42.6 Å². The van der Waals surface area contributed by atoms with Crippen LogP contribution >= 0.6 is 0 Å². The normalized spacial score (nSPS) is 48.1. The molecule has 8 nitrogen and oxygen atoms in total.